The lowest BCUT2D eigenvalue weighted by Gasteiger charge is -2.57. The second kappa shape index (κ2) is 5.98. The highest BCUT2D eigenvalue weighted by Gasteiger charge is 2.51. The van der Waals surface area contributed by atoms with Crippen LogP contribution in [0.1, 0.15) is 58.3 Å². The number of carbonyl (C=O) groups excluding carboxylic acids is 1. The third-order valence-corrected chi connectivity index (χ3v) is 7.02. The number of halogens is 1. The van der Waals surface area contributed by atoms with E-state index in [1.165, 1.54) is 38.5 Å². The van der Waals surface area contributed by atoms with E-state index in [0.717, 1.165) is 43.7 Å². The van der Waals surface area contributed by atoms with Gasteiger partial charge in [-0.3, -0.25) is 4.79 Å². The van der Waals surface area contributed by atoms with Crippen molar-refractivity contribution in [3.63, 3.8) is 0 Å². The fourth-order valence-corrected chi connectivity index (χ4v) is 6.33. The summed E-state index contributed by atoms with van der Waals surface area (Å²) in [5.74, 6) is 3.71. The number of likely N-dealkylation sites (tertiary alicyclic amines) is 1. The summed E-state index contributed by atoms with van der Waals surface area (Å²) < 4.78 is 0. The molecule has 2 N–H and O–H groups in total. The van der Waals surface area contributed by atoms with Gasteiger partial charge in [0.2, 0.25) is 5.91 Å². The van der Waals surface area contributed by atoms with Crippen LogP contribution in [-0.2, 0) is 4.79 Å². The van der Waals surface area contributed by atoms with Gasteiger partial charge < -0.3 is 10.6 Å². The van der Waals surface area contributed by atoms with E-state index in [-0.39, 0.29) is 18.4 Å². The fourth-order valence-electron chi connectivity index (χ4n) is 6.33. The van der Waals surface area contributed by atoms with Crippen LogP contribution in [-0.4, -0.2) is 29.9 Å². The molecule has 4 heteroatoms. The molecule has 5 aliphatic rings. The van der Waals surface area contributed by atoms with Gasteiger partial charge in [0.25, 0.3) is 0 Å². The molecule has 1 heterocycles. The van der Waals surface area contributed by atoms with Gasteiger partial charge in [-0.05, 0) is 74.0 Å². The third-order valence-electron chi connectivity index (χ3n) is 7.02. The zero-order valence-corrected chi connectivity index (χ0v) is 14.6. The molecule has 126 valence electrons. The molecule has 0 aromatic heterocycles. The number of nitrogens with two attached hydrogens (primary N) is 1. The first kappa shape index (κ1) is 16.6. The lowest BCUT2D eigenvalue weighted by atomic mass is 9.49. The summed E-state index contributed by atoms with van der Waals surface area (Å²) >= 11 is 0. The highest BCUT2D eigenvalue weighted by Crippen LogP contribution is 2.61. The van der Waals surface area contributed by atoms with E-state index in [9.17, 15) is 4.79 Å². The molecule has 22 heavy (non-hydrogen) atoms. The standard InChI is InChI=1S/C18H30N2O.ClH/c1-12-11-20(3-2-16(12)19)17(21)10-18-7-13-4-14(8-18)6-15(5-13)9-18;/h12-16H,2-11,19H2,1H3;1H. The Morgan fingerprint density at radius 3 is 2.18 bits per heavy atom. The average molecular weight is 327 g/mol. The van der Waals surface area contributed by atoms with Gasteiger partial charge in [-0.2, -0.15) is 0 Å². The molecule has 4 aliphatic carbocycles. The van der Waals surface area contributed by atoms with Crippen LogP contribution in [0.4, 0.5) is 0 Å². The molecule has 5 fully saturated rings. The topological polar surface area (TPSA) is 46.3 Å². The predicted molar refractivity (Wildman–Crippen MR) is 90.8 cm³/mol. The molecule has 3 nitrogen and oxygen atoms in total. The van der Waals surface area contributed by atoms with Gasteiger partial charge in [-0.15, -0.1) is 12.4 Å². The maximum absolute atomic E-state index is 12.8. The zero-order chi connectivity index (χ0) is 14.6. The molecule has 0 radical (unpaired) electrons. The van der Waals surface area contributed by atoms with Gasteiger partial charge in [-0.1, -0.05) is 6.92 Å². The molecule has 1 saturated heterocycles. The Morgan fingerprint density at radius 2 is 1.68 bits per heavy atom. The zero-order valence-electron chi connectivity index (χ0n) is 13.8. The summed E-state index contributed by atoms with van der Waals surface area (Å²) in [5, 5.41) is 0. The summed E-state index contributed by atoms with van der Waals surface area (Å²) in [6, 6.07) is 0.286. The van der Waals surface area contributed by atoms with Gasteiger partial charge in [0.1, 0.15) is 0 Å². The maximum atomic E-state index is 12.8. The van der Waals surface area contributed by atoms with E-state index in [1.807, 2.05) is 0 Å². The molecule has 0 aromatic carbocycles. The summed E-state index contributed by atoms with van der Waals surface area (Å²) in [4.78, 5) is 14.9. The number of amides is 1. The Bertz CT molecular complexity index is 404. The maximum Gasteiger partial charge on any atom is 0.223 e. The van der Waals surface area contributed by atoms with Crippen LogP contribution in [0.25, 0.3) is 0 Å². The molecule has 5 rings (SSSR count). The van der Waals surface area contributed by atoms with Crippen LogP contribution in [0.5, 0.6) is 0 Å². The second-order valence-corrected chi connectivity index (χ2v) is 8.86. The molecular formula is C18H31ClN2O. The highest BCUT2D eigenvalue weighted by molar-refractivity contribution is 5.85. The van der Waals surface area contributed by atoms with E-state index in [2.05, 4.69) is 11.8 Å². The van der Waals surface area contributed by atoms with Crippen molar-refractivity contribution in [2.75, 3.05) is 13.1 Å². The molecule has 0 aromatic rings. The van der Waals surface area contributed by atoms with Crippen LogP contribution in [0.15, 0.2) is 0 Å². The Hall–Kier alpha value is -0.280. The number of hydrogen-bond donors (Lipinski definition) is 1. The number of piperidine rings is 1. The van der Waals surface area contributed by atoms with Crippen molar-refractivity contribution in [1.29, 1.82) is 0 Å². The van der Waals surface area contributed by atoms with Gasteiger partial charge in [0.15, 0.2) is 0 Å². The first-order valence-electron chi connectivity index (χ1n) is 9.06. The number of rotatable bonds is 2. The SMILES string of the molecule is CC1CN(C(=O)CC23CC4CC(CC(C4)C2)C3)CCC1N.Cl. The Labute approximate surface area is 140 Å². The fraction of sp³-hybridized carbons (Fsp3) is 0.944. The highest BCUT2D eigenvalue weighted by atomic mass is 35.5. The number of nitrogens with zero attached hydrogens (tertiary/aromatic N) is 1. The number of carbonyl (C=O) groups is 1. The minimum absolute atomic E-state index is 0. The van der Waals surface area contributed by atoms with Crippen LogP contribution in [0.3, 0.4) is 0 Å². The van der Waals surface area contributed by atoms with Gasteiger partial charge in [0.05, 0.1) is 0 Å². The Morgan fingerprint density at radius 1 is 1.14 bits per heavy atom. The van der Waals surface area contributed by atoms with Crippen LogP contribution < -0.4 is 5.73 Å². The van der Waals surface area contributed by atoms with Crippen LogP contribution in [0, 0.1) is 29.1 Å². The molecule has 1 aliphatic heterocycles. The molecule has 4 bridgehead atoms. The van der Waals surface area contributed by atoms with E-state index < -0.39 is 0 Å². The van der Waals surface area contributed by atoms with Crippen LogP contribution in [0.2, 0.25) is 0 Å². The normalized spacial score (nSPS) is 46.5. The quantitative estimate of drug-likeness (QED) is 0.847. The van der Waals surface area contributed by atoms with Crippen molar-refractivity contribution in [2.45, 2.75) is 64.3 Å². The van der Waals surface area contributed by atoms with Crippen molar-refractivity contribution in [3.05, 3.63) is 0 Å². The van der Waals surface area contributed by atoms with E-state index in [0.29, 0.717) is 17.2 Å². The van der Waals surface area contributed by atoms with Crippen molar-refractivity contribution < 1.29 is 4.79 Å². The minimum Gasteiger partial charge on any atom is -0.342 e. The smallest absolute Gasteiger partial charge is 0.223 e. The summed E-state index contributed by atoms with van der Waals surface area (Å²) in [5.41, 5.74) is 6.47. The van der Waals surface area contributed by atoms with Crippen molar-refractivity contribution in [1.82, 2.24) is 4.90 Å². The number of hydrogen-bond acceptors (Lipinski definition) is 2. The second-order valence-electron chi connectivity index (χ2n) is 8.86. The Kier molecular flexibility index (Phi) is 4.50. The van der Waals surface area contributed by atoms with Gasteiger partial charge in [0, 0.05) is 25.6 Å². The third kappa shape index (κ3) is 2.91. The molecular weight excluding hydrogens is 296 g/mol. The lowest BCUT2D eigenvalue weighted by Crippen LogP contribution is -2.51. The van der Waals surface area contributed by atoms with E-state index in [4.69, 9.17) is 5.73 Å². The molecule has 1 amide bonds. The summed E-state index contributed by atoms with van der Waals surface area (Å²) in [6.07, 6.45) is 10.2. The lowest BCUT2D eigenvalue weighted by molar-refractivity contribution is -0.141. The average Bonchev–Trinajstić information content (AvgIpc) is 2.39. The first-order valence-corrected chi connectivity index (χ1v) is 9.06. The monoisotopic (exact) mass is 326 g/mol. The van der Waals surface area contributed by atoms with Crippen LogP contribution >= 0.6 is 12.4 Å². The van der Waals surface area contributed by atoms with Crippen molar-refractivity contribution >= 4 is 18.3 Å². The van der Waals surface area contributed by atoms with Gasteiger partial charge >= 0.3 is 0 Å². The van der Waals surface area contributed by atoms with Crippen molar-refractivity contribution in [2.24, 2.45) is 34.8 Å². The minimum atomic E-state index is 0. The molecule has 0 spiro atoms. The van der Waals surface area contributed by atoms with Gasteiger partial charge in [-0.25, -0.2) is 0 Å². The molecule has 2 unspecified atom stereocenters. The van der Waals surface area contributed by atoms with E-state index in [1.54, 1.807) is 0 Å². The predicted octanol–water partition coefficient (Wildman–Crippen LogP) is 3.21. The molecule has 4 saturated carbocycles. The summed E-state index contributed by atoms with van der Waals surface area (Å²) in [6.45, 7) is 3.96. The first-order chi connectivity index (χ1) is 10.0. The molecule has 2 atom stereocenters. The van der Waals surface area contributed by atoms with Crippen molar-refractivity contribution in [3.8, 4) is 0 Å². The Balaban J connectivity index is 0.00000144. The van der Waals surface area contributed by atoms with E-state index >= 15 is 0 Å². The largest absolute Gasteiger partial charge is 0.342 e. The summed E-state index contributed by atoms with van der Waals surface area (Å²) in [7, 11) is 0.